The molecule has 1 aliphatic rings. The highest BCUT2D eigenvalue weighted by Crippen LogP contribution is 2.37. The van der Waals surface area contributed by atoms with Gasteiger partial charge in [0.2, 0.25) is 0 Å². The van der Waals surface area contributed by atoms with Crippen LogP contribution in [0.2, 0.25) is 0 Å². The molecule has 2 atom stereocenters. The molecule has 2 N–H and O–H groups in total. The highest BCUT2D eigenvalue weighted by Gasteiger charge is 2.34. The molecule has 0 spiro atoms. The minimum atomic E-state index is -4.51. The fraction of sp³-hybridized carbons (Fsp3) is 0.286. The summed E-state index contributed by atoms with van der Waals surface area (Å²) in [6, 6.07) is 7.23. The van der Waals surface area contributed by atoms with E-state index in [0.717, 1.165) is 17.9 Å². The first kappa shape index (κ1) is 19.6. The van der Waals surface area contributed by atoms with Gasteiger partial charge in [0, 0.05) is 23.8 Å². The molecule has 1 aliphatic heterocycles. The molecule has 31 heavy (non-hydrogen) atoms. The van der Waals surface area contributed by atoms with Crippen molar-refractivity contribution in [2.24, 2.45) is 0 Å². The van der Waals surface area contributed by atoms with E-state index in [-0.39, 0.29) is 35.6 Å². The van der Waals surface area contributed by atoms with Crippen molar-refractivity contribution in [1.82, 2.24) is 19.5 Å². The van der Waals surface area contributed by atoms with E-state index in [1.165, 1.54) is 30.7 Å². The molecule has 5 rings (SSSR count). The Labute approximate surface area is 174 Å². The van der Waals surface area contributed by atoms with Gasteiger partial charge in [0.15, 0.2) is 0 Å². The molecule has 4 heterocycles. The lowest BCUT2D eigenvalue weighted by Gasteiger charge is -2.17. The number of benzene rings is 1. The molecule has 2 unspecified atom stereocenters. The summed E-state index contributed by atoms with van der Waals surface area (Å²) in [5.41, 5.74) is 6.02. The molecule has 0 amide bonds. The third-order valence-corrected chi connectivity index (χ3v) is 5.37. The fourth-order valence-electron chi connectivity index (χ4n) is 3.90. The van der Waals surface area contributed by atoms with E-state index in [1.807, 2.05) is 16.8 Å². The molecule has 0 aliphatic carbocycles. The van der Waals surface area contributed by atoms with Gasteiger partial charge in [-0.25, -0.2) is 9.97 Å². The highest BCUT2D eigenvalue weighted by atomic mass is 19.4. The number of halogens is 3. The maximum Gasteiger partial charge on any atom is 0.417 e. The minimum absolute atomic E-state index is 0.0419. The van der Waals surface area contributed by atoms with Crippen LogP contribution < -0.4 is 10.5 Å². The van der Waals surface area contributed by atoms with Crippen LogP contribution >= 0.6 is 0 Å². The van der Waals surface area contributed by atoms with E-state index in [2.05, 4.69) is 15.0 Å². The van der Waals surface area contributed by atoms with Crippen molar-refractivity contribution in [2.45, 2.75) is 31.3 Å². The van der Waals surface area contributed by atoms with Crippen molar-refractivity contribution in [3.8, 4) is 5.75 Å². The Morgan fingerprint density at radius 1 is 1.13 bits per heavy atom. The second-order valence-electron chi connectivity index (χ2n) is 7.36. The van der Waals surface area contributed by atoms with Gasteiger partial charge >= 0.3 is 6.18 Å². The lowest BCUT2D eigenvalue weighted by atomic mass is 10.1. The summed E-state index contributed by atoms with van der Waals surface area (Å²) in [5, 5.41) is 0.787. The van der Waals surface area contributed by atoms with Crippen molar-refractivity contribution < 1.29 is 22.6 Å². The largest absolute Gasteiger partial charge is 0.491 e. The van der Waals surface area contributed by atoms with Crippen molar-refractivity contribution in [3.63, 3.8) is 0 Å². The number of alkyl halides is 3. The van der Waals surface area contributed by atoms with Gasteiger partial charge < -0.3 is 19.8 Å². The topological polar surface area (TPSA) is 88.1 Å². The van der Waals surface area contributed by atoms with Gasteiger partial charge in [-0.2, -0.15) is 13.2 Å². The summed E-state index contributed by atoms with van der Waals surface area (Å²) in [4.78, 5) is 12.3. The number of aromatic nitrogens is 4. The molecule has 160 valence electrons. The van der Waals surface area contributed by atoms with Crippen molar-refractivity contribution in [1.29, 1.82) is 0 Å². The van der Waals surface area contributed by atoms with Crippen LogP contribution in [0.4, 0.5) is 19.0 Å². The van der Waals surface area contributed by atoms with E-state index in [1.54, 1.807) is 0 Å². The second-order valence-corrected chi connectivity index (χ2v) is 7.36. The molecule has 0 saturated carbocycles. The molecule has 1 saturated heterocycles. The van der Waals surface area contributed by atoms with Crippen LogP contribution in [-0.4, -0.2) is 32.2 Å². The van der Waals surface area contributed by atoms with Crippen molar-refractivity contribution in [2.75, 3.05) is 12.3 Å². The summed E-state index contributed by atoms with van der Waals surface area (Å²) in [7, 11) is 0. The Balaban J connectivity index is 1.32. The van der Waals surface area contributed by atoms with Crippen molar-refractivity contribution >= 4 is 27.8 Å². The van der Waals surface area contributed by atoms with Crippen LogP contribution in [0, 0.1) is 0 Å². The number of fused-ring (bicyclic) bond motifs is 2. The number of nitrogens with two attached hydrogens (primary N) is 1. The molecule has 10 heteroatoms. The van der Waals surface area contributed by atoms with Crippen LogP contribution in [0.5, 0.6) is 5.75 Å². The predicted octanol–water partition coefficient (Wildman–Crippen LogP) is 4.34. The summed E-state index contributed by atoms with van der Waals surface area (Å²) in [6.07, 6.45) is 1.07. The molecule has 0 radical (unpaired) electrons. The first-order valence-electron chi connectivity index (χ1n) is 9.71. The summed E-state index contributed by atoms with van der Waals surface area (Å²) >= 11 is 0. The average Bonchev–Trinajstić information content (AvgIpc) is 3.38. The molecule has 7 nitrogen and oxygen atoms in total. The number of hydrogen-bond acceptors (Lipinski definition) is 6. The number of hydrogen-bond donors (Lipinski definition) is 1. The first-order chi connectivity index (χ1) is 14.9. The van der Waals surface area contributed by atoms with Gasteiger partial charge in [-0.3, -0.25) is 4.98 Å². The maximum atomic E-state index is 13.5. The van der Waals surface area contributed by atoms with E-state index in [9.17, 15) is 13.2 Å². The number of ether oxygens (including phenoxy) is 2. The van der Waals surface area contributed by atoms with Crippen LogP contribution in [0.15, 0.2) is 49.1 Å². The second kappa shape index (κ2) is 7.38. The zero-order valence-corrected chi connectivity index (χ0v) is 16.2. The molecule has 1 aromatic carbocycles. The third-order valence-electron chi connectivity index (χ3n) is 5.37. The minimum Gasteiger partial charge on any atom is -0.491 e. The zero-order valence-electron chi connectivity index (χ0n) is 16.2. The maximum absolute atomic E-state index is 13.5. The van der Waals surface area contributed by atoms with Crippen LogP contribution in [0.1, 0.15) is 24.6 Å². The summed E-state index contributed by atoms with van der Waals surface area (Å²) < 4.78 is 54.0. The lowest BCUT2D eigenvalue weighted by Crippen LogP contribution is -2.19. The zero-order chi connectivity index (χ0) is 21.6. The summed E-state index contributed by atoms with van der Waals surface area (Å²) in [6.45, 7) is 0.127. The van der Waals surface area contributed by atoms with Crippen LogP contribution in [0.25, 0.3) is 21.9 Å². The molecular weight excluding hydrogens is 411 g/mol. The Hall–Kier alpha value is -3.40. The lowest BCUT2D eigenvalue weighted by molar-refractivity contribution is -0.136. The standard InChI is InChI=1S/C21H18F3N5O2/c22-21(23,24)16-8-13(9-17-14(16)2-1-6-26-17)30-10-12-3-4-18(31-12)29-7-5-15-19(25)27-11-28-20(15)29/h1-2,5-9,11-12,18H,3-4,10H2,(H2,25,27,28). The van der Waals surface area contributed by atoms with E-state index >= 15 is 0 Å². The van der Waals surface area contributed by atoms with E-state index < -0.39 is 11.7 Å². The molecular formula is C21H18F3N5O2. The quantitative estimate of drug-likeness (QED) is 0.519. The van der Waals surface area contributed by atoms with Gasteiger partial charge in [-0.05, 0) is 31.0 Å². The van der Waals surface area contributed by atoms with Gasteiger partial charge in [0.1, 0.15) is 36.4 Å². The Kier molecular flexibility index (Phi) is 4.66. The van der Waals surface area contributed by atoms with E-state index in [0.29, 0.717) is 17.9 Å². The van der Waals surface area contributed by atoms with Crippen LogP contribution in [0.3, 0.4) is 0 Å². The molecule has 0 bridgehead atoms. The SMILES string of the molecule is Nc1ncnc2c1ccn2C1CCC(COc2cc(C(F)(F)F)c3cccnc3c2)O1. The average molecular weight is 429 g/mol. The smallest absolute Gasteiger partial charge is 0.417 e. The highest BCUT2D eigenvalue weighted by molar-refractivity contribution is 5.86. The number of anilines is 1. The fourth-order valence-corrected chi connectivity index (χ4v) is 3.90. The monoisotopic (exact) mass is 429 g/mol. The van der Waals surface area contributed by atoms with Gasteiger partial charge in [0.25, 0.3) is 0 Å². The predicted molar refractivity (Wildman–Crippen MR) is 107 cm³/mol. The van der Waals surface area contributed by atoms with Gasteiger partial charge in [-0.1, -0.05) is 6.07 Å². The van der Waals surface area contributed by atoms with Crippen LogP contribution in [-0.2, 0) is 10.9 Å². The normalized spacial score (nSPS) is 19.3. The van der Waals surface area contributed by atoms with Gasteiger partial charge in [-0.15, -0.1) is 0 Å². The number of nitrogen functional groups attached to an aromatic ring is 1. The Morgan fingerprint density at radius 2 is 2.00 bits per heavy atom. The Bertz CT molecular complexity index is 1260. The van der Waals surface area contributed by atoms with E-state index in [4.69, 9.17) is 15.2 Å². The Morgan fingerprint density at radius 3 is 2.84 bits per heavy atom. The summed E-state index contributed by atoms with van der Waals surface area (Å²) in [5.74, 6) is 0.504. The molecule has 4 aromatic rings. The number of nitrogens with zero attached hydrogens (tertiary/aromatic N) is 4. The molecule has 1 fully saturated rings. The number of rotatable bonds is 4. The third kappa shape index (κ3) is 3.63. The van der Waals surface area contributed by atoms with Gasteiger partial charge in [0.05, 0.1) is 22.6 Å². The molecule has 3 aromatic heterocycles. The first-order valence-corrected chi connectivity index (χ1v) is 9.71. The van der Waals surface area contributed by atoms with Crippen molar-refractivity contribution in [3.05, 3.63) is 54.6 Å². The number of pyridine rings is 1.